The minimum absolute atomic E-state index is 0.268. The summed E-state index contributed by atoms with van der Waals surface area (Å²) < 4.78 is 0.982. The van der Waals surface area contributed by atoms with E-state index < -0.39 is 12.0 Å². The largest absolute Gasteiger partial charge is 0.481 e. The molecule has 1 heterocycles. The summed E-state index contributed by atoms with van der Waals surface area (Å²) >= 11 is 3.39. The number of carbonyl (C=O) groups is 2. The quantitative estimate of drug-likeness (QED) is 0.759. The monoisotopic (exact) mass is 415 g/mol. The van der Waals surface area contributed by atoms with Crippen LogP contribution in [0, 0.1) is 0 Å². The fraction of sp³-hybridized carbons (Fsp3) is 0.211. The lowest BCUT2D eigenvalue weighted by Gasteiger charge is -2.23. The first-order valence-corrected chi connectivity index (χ1v) is 8.94. The van der Waals surface area contributed by atoms with E-state index in [0.29, 0.717) is 19.0 Å². The maximum absolute atomic E-state index is 12.3. The second-order valence-electron chi connectivity index (χ2n) is 5.98. The number of nitrogens with one attached hydrogen (secondary N) is 1. The Morgan fingerprint density at radius 3 is 2.46 bits per heavy atom. The van der Waals surface area contributed by atoms with Gasteiger partial charge in [-0.2, -0.15) is 0 Å². The second-order valence-corrected chi connectivity index (χ2v) is 6.90. The maximum Gasteiger partial charge on any atom is 0.305 e. The van der Waals surface area contributed by atoms with Gasteiger partial charge in [0.15, 0.2) is 0 Å². The molecule has 2 N–H and O–H groups in total. The topological polar surface area (TPSA) is 82.0 Å². The van der Waals surface area contributed by atoms with Crippen LogP contribution < -0.4 is 5.32 Å². The molecule has 3 rings (SSSR count). The number of carboxylic acids is 1. The molecular weight excluding hydrogens is 398 g/mol. The second kappa shape index (κ2) is 8.14. The molecule has 2 aromatic carbocycles. The Morgan fingerprint density at radius 2 is 1.81 bits per heavy atom. The number of hydrogen-bond donors (Lipinski definition) is 2. The van der Waals surface area contributed by atoms with Gasteiger partial charge in [-0.05, 0) is 23.3 Å². The highest BCUT2D eigenvalue weighted by Gasteiger charge is 2.38. The van der Waals surface area contributed by atoms with Crippen LogP contribution in [0.5, 0.6) is 0 Å². The number of carbonyl (C=O) groups excluding carboxylic acids is 1. The van der Waals surface area contributed by atoms with E-state index in [0.717, 1.165) is 15.6 Å². The highest BCUT2D eigenvalue weighted by Crippen LogP contribution is 2.18. The molecule has 0 aliphatic carbocycles. The maximum atomic E-state index is 12.3. The summed E-state index contributed by atoms with van der Waals surface area (Å²) in [6.45, 7) is 0.810. The number of guanidine groups is 1. The smallest absolute Gasteiger partial charge is 0.305 e. The summed E-state index contributed by atoms with van der Waals surface area (Å²) in [4.78, 5) is 29.7. The minimum atomic E-state index is -1.02. The summed E-state index contributed by atoms with van der Waals surface area (Å²) in [6, 6.07) is 16.6. The van der Waals surface area contributed by atoms with E-state index in [2.05, 4.69) is 26.2 Å². The summed E-state index contributed by atoms with van der Waals surface area (Å²) in [5, 5.41) is 11.9. The van der Waals surface area contributed by atoms with Crippen molar-refractivity contribution in [1.29, 1.82) is 0 Å². The van der Waals surface area contributed by atoms with Gasteiger partial charge >= 0.3 is 5.97 Å². The third-order valence-corrected chi connectivity index (χ3v) is 4.60. The molecule has 2 aromatic rings. The fourth-order valence-electron chi connectivity index (χ4n) is 2.77. The van der Waals surface area contributed by atoms with Crippen LogP contribution in [0.25, 0.3) is 0 Å². The van der Waals surface area contributed by atoms with Gasteiger partial charge in [0.2, 0.25) is 11.9 Å². The Hall–Kier alpha value is -2.67. The molecule has 1 fully saturated rings. The van der Waals surface area contributed by atoms with Crippen molar-refractivity contribution in [2.45, 2.75) is 25.6 Å². The first-order valence-electron chi connectivity index (χ1n) is 8.15. The molecular formula is C19H18BrN3O3. The molecule has 7 heteroatoms. The van der Waals surface area contributed by atoms with Gasteiger partial charge in [0.1, 0.15) is 6.04 Å². The molecule has 0 aromatic heterocycles. The van der Waals surface area contributed by atoms with E-state index in [-0.39, 0.29) is 12.3 Å². The Morgan fingerprint density at radius 1 is 1.12 bits per heavy atom. The van der Waals surface area contributed by atoms with Crippen LogP contribution in [0.3, 0.4) is 0 Å². The molecule has 1 saturated heterocycles. The molecule has 6 nitrogen and oxygen atoms in total. The van der Waals surface area contributed by atoms with Gasteiger partial charge in [-0.25, -0.2) is 4.99 Å². The van der Waals surface area contributed by atoms with Crippen LogP contribution in [0.2, 0.25) is 0 Å². The zero-order valence-electron chi connectivity index (χ0n) is 13.9. The first kappa shape index (κ1) is 18.1. The Kier molecular flexibility index (Phi) is 5.68. The van der Waals surface area contributed by atoms with E-state index in [4.69, 9.17) is 5.11 Å². The molecule has 0 bridgehead atoms. The number of aliphatic imine (C=N–C) groups is 1. The predicted molar refractivity (Wildman–Crippen MR) is 101 cm³/mol. The number of hydrogen-bond acceptors (Lipinski definition) is 3. The van der Waals surface area contributed by atoms with Gasteiger partial charge in [-0.1, -0.05) is 58.4 Å². The lowest BCUT2D eigenvalue weighted by molar-refractivity contribution is -0.140. The van der Waals surface area contributed by atoms with Crippen LogP contribution >= 0.6 is 15.9 Å². The Bertz CT molecular complexity index is 822. The van der Waals surface area contributed by atoms with Crippen molar-refractivity contribution in [1.82, 2.24) is 10.2 Å². The van der Waals surface area contributed by atoms with Gasteiger partial charge in [-0.15, -0.1) is 0 Å². The number of rotatable bonds is 6. The van der Waals surface area contributed by atoms with Crippen molar-refractivity contribution >= 4 is 33.8 Å². The van der Waals surface area contributed by atoms with Crippen molar-refractivity contribution in [2.24, 2.45) is 4.99 Å². The SMILES string of the molecule is O=C(O)C[C@H]1C(=O)NC(=NCc2ccc(Br)cc2)N1Cc1ccccc1. The van der Waals surface area contributed by atoms with Gasteiger partial charge in [0.25, 0.3) is 0 Å². The van der Waals surface area contributed by atoms with Crippen molar-refractivity contribution in [3.8, 4) is 0 Å². The Balaban J connectivity index is 1.83. The summed E-state index contributed by atoms with van der Waals surface area (Å²) in [7, 11) is 0. The molecule has 26 heavy (non-hydrogen) atoms. The molecule has 0 radical (unpaired) electrons. The number of halogens is 1. The average molecular weight is 416 g/mol. The molecule has 0 unspecified atom stereocenters. The van der Waals surface area contributed by atoms with Gasteiger partial charge in [0, 0.05) is 11.0 Å². The van der Waals surface area contributed by atoms with Crippen LogP contribution in [-0.2, 0) is 22.7 Å². The van der Waals surface area contributed by atoms with Gasteiger partial charge < -0.3 is 10.0 Å². The molecule has 1 aliphatic rings. The number of benzene rings is 2. The number of carboxylic acid groups (broad SMARTS) is 1. The molecule has 1 aliphatic heterocycles. The van der Waals surface area contributed by atoms with E-state index in [9.17, 15) is 9.59 Å². The normalized spacial score (nSPS) is 18.2. The summed E-state index contributed by atoms with van der Waals surface area (Å²) in [5.41, 5.74) is 1.98. The number of amides is 1. The van der Waals surface area contributed by atoms with Crippen LogP contribution in [0.1, 0.15) is 17.5 Å². The van der Waals surface area contributed by atoms with Crippen molar-refractivity contribution in [3.05, 3.63) is 70.2 Å². The lowest BCUT2D eigenvalue weighted by Crippen LogP contribution is -2.37. The zero-order valence-corrected chi connectivity index (χ0v) is 15.5. The third kappa shape index (κ3) is 4.49. The van der Waals surface area contributed by atoms with E-state index in [1.165, 1.54) is 0 Å². The number of nitrogens with zero attached hydrogens (tertiary/aromatic N) is 2. The molecule has 1 atom stereocenters. The Labute approximate surface area is 159 Å². The van der Waals surface area contributed by atoms with Crippen LogP contribution in [0.15, 0.2) is 64.1 Å². The van der Waals surface area contributed by atoms with E-state index in [1.54, 1.807) is 4.90 Å². The first-order chi connectivity index (χ1) is 12.5. The van der Waals surface area contributed by atoms with Gasteiger partial charge in [0.05, 0.1) is 13.0 Å². The van der Waals surface area contributed by atoms with Crippen LogP contribution in [-0.4, -0.2) is 33.9 Å². The molecule has 1 amide bonds. The van der Waals surface area contributed by atoms with Crippen molar-refractivity contribution in [3.63, 3.8) is 0 Å². The molecule has 0 saturated carbocycles. The molecule has 0 spiro atoms. The zero-order chi connectivity index (χ0) is 18.5. The van der Waals surface area contributed by atoms with Crippen LogP contribution in [0.4, 0.5) is 0 Å². The average Bonchev–Trinajstić information content (AvgIpc) is 2.90. The van der Waals surface area contributed by atoms with Crippen molar-refractivity contribution in [2.75, 3.05) is 0 Å². The fourth-order valence-corrected chi connectivity index (χ4v) is 3.04. The standard InChI is InChI=1S/C19H18BrN3O3/c20-15-8-6-13(7-9-15)11-21-19-22-18(26)16(10-17(24)25)23(19)12-14-4-2-1-3-5-14/h1-9,16H,10-12H2,(H,24,25)(H,21,22,26)/t16-/m0/s1. The van der Waals surface area contributed by atoms with E-state index in [1.807, 2.05) is 54.6 Å². The summed E-state index contributed by atoms with van der Waals surface area (Å²) in [5.74, 6) is -0.941. The predicted octanol–water partition coefficient (Wildman–Crippen LogP) is 2.78. The third-order valence-electron chi connectivity index (χ3n) is 4.07. The summed E-state index contributed by atoms with van der Waals surface area (Å²) in [6.07, 6.45) is -0.268. The highest BCUT2D eigenvalue weighted by molar-refractivity contribution is 9.10. The highest BCUT2D eigenvalue weighted by atomic mass is 79.9. The number of aliphatic carboxylic acids is 1. The van der Waals surface area contributed by atoms with E-state index >= 15 is 0 Å². The minimum Gasteiger partial charge on any atom is -0.481 e. The molecule has 134 valence electrons. The van der Waals surface area contributed by atoms with Crippen molar-refractivity contribution < 1.29 is 14.7 Å². The van der Waals surface area contributed by atoms with Gasteiger partial charge in [-0.3, -0.25) is 14.9 Å². The lowest BCUT2D eigenvalue weighted by atomic mass is 10.1.